The maximum absolute atomic E-state index is 11.9. The van der Waals surface area contributed by atoms with Crippen LogP contribution in [0.4, 0.5) is 0 Å². The number of nitrogens with one attached hydrogen (secondary N) is 1. The van der Waals surface area contributed by atoms with Crippen LogP contribution in [0, 0.1) is 11.3 Å². The van der Waals surface area contributed by atoms with Crippen LogP contribution in [0.3, 0.4) is 0 Å². The van der Waals surface area contributed by atoms with Gasteiger partial charge in [0.2, 0.25) is 5.91 Å². The molecule has 0 aromatic carbocycles. The second kappa shape index (κ2) is 6.58. The number of carboxylic acid groups (broad SMARTS) is 1. The summed E-state index contributed by atoms with van der Waals surface area (Å²) in [6.07, 6.45) is 0.609. The molecule has 5 nitrogen and oxygen atoms in total. The van der Waals surface area contributed by atoms with Crippen molar-refractivity contribution in [1.82, 2.24) is 10.2 Å². The van der Waals surface area contributed by atoms with Crippen LogP contribution in [-0.2, 0) is 16.1 Å². The number of aliphatic carboxylic acids is 1. The molecule has 0 spiro atoms. The Morgan fingerprint density at radius 2 is 2.29 bits per heavy atom. The molecule has 1 amide bonds. The van der Waals surface area contributed by atoms with E-state index in [4.69, 9.17) is 0 Å². The minimum atomic E-state index is -0.751. The number of hydrogen-bond donors (Lipinski definition) is 2. The summed E-state index contributed by atoms with van der Waals surface area (Å²) in [5.74, 6) is -0.735. The molecule has 1 fully saturated rings. The highest BCUT2D eigenvalue weighted by atomic mass is 32.1. The van der Waals surface area contributed by atoms with E-state index < -0.39 is 11.4 Å². The molecule has 1 saturated heterocycles. The molecule has 1 aliphatic heterocycles. The standard InChI is InChI=1S/C15H22N2O3S/c1-11(2)15(14(19)20)5-6-17(10-15)9-13(18)16-8-12-4-3-7-21-12/h3-4,7,11H,5-6,8-10H2,1-2H3,(H,16,18)(H,19,20). The maximum atomic E-state index is 11.9. The zero-order valence-corrected chi connectivity index (χ0v) is 13.3. The summed E-state index contributed by atoms with van der Waals surface area (Å²) in [6, 6.07) is 3.94. The molecule has 2 rings (SSSR count). The highest BCUT2D eigenvalue weighted by molar-refractivity contribution is 7.09. The summed E-state index contributed by atoms with van der Waals surface area (Å²) in [7, 11) is 0. The molecule has 21 heavy (non-hydrogen) atoms. The Hall–Kier alpha value is -1.40. The van der Waals surface area contributed by atoms with Crippen LogP contribution in [0.2, 0.25) is 0 Å². The van der Waals surface area contributed by atoms with E-state index in [0.29, 0.717) is 26.1 Å². The summed E-state index contributed by atoms with van der Waals surface area (Å²) >= 11 is 1.61. The molecule has 2 N–H and O–H groups in total. The first kappa shape index (κ1) is 16.0. The van der Waals surface area contributed by atoms with Gasteiger partial charge in [0.1, 0.15) is 0 Å². The van der Waals surface area contributed by atoms with E-state index in [2.05, 4.69) is 5.32 Å². The molecular formula is C15H22N2O3S. The molecule has 2 heterocycles. The van der Waals surface area contributed by atoms with Crippen LogP contribution in [0.5, 0.6) is 0 Å². The molecular weight excluding hydrogens is 288 g/mol. The Balaban J connectivity index is 1.84. The number of rotatable bonds is 6. The summed E-state index contributed by atoms with van der Waals surface area (Å²) < 4.78 is 0. The van der Waals surface area contributed by atoms with Crippen LogP contribution in [-0.4, -0.2) is 41.5 Å². The van der Waals surface area contributed by atoms with Gasteiger partial charge in [-0.1, -0.05) is 19.9 Å². The number of amides is 1. The smallest absolute Gasteiger partial charge is 0.311 e. The van der Waals surface area contributed by atoms with Crippen molar-refractivity contribution in [1.29, 1.82) is 0 Å². The molecule has 0 saturated carbocycles. The lowest BCUT2D eigenvalue weighted by atomic mass is 9.76. The fourth-order valence-corrected chi connectivity index (χ4v) is 3.44. The predicted octanol–water partition coefficient (Wildman–Crippen LogP) is 1.80. The van der Waals surface area contributed by atoms with Gasteiger partial charge in [0.25, 0.3) is 0 Å². The third-order valence-electron chi connectivity index (χ3n) is 4.32. The van der Waals surface area contributed by atoms with Crippen molar-refractivity contribution in [3.05, 3.63) is 22.4 Å². The molecule has 1 atom stereocenters. The quantitative estimate of drug-likeness (QED) is 0.840. The Bertz CT molecular complexity index is 501. The second-order valence-corrected chi connectivity index (χ2v) is 6.96. The largest absolute Gasteiger partial charge is 0.481 e. The predicted molar refractivity (Wildman–Crippen MR) is 82.1 cm³/mol. The van der Waals surface area contributed by atoms with Crippen molar-refractivity contribution in [2.24, 2.45) is 11.3 Å². The second-order valence-electron chi connectivity index (χ2n) is 5.93. The molecule has 1 aliphatic rings. The van der Waals surface area contributed by atoms with E-state index >= 15 is 0 Å². The topological polar surface area (TPSA) is 69.6 Å². The van der Waals surface area contributed by atoms with Gasteiger partial charge in [-0.15, -0.1) is 11.3 Å². The van der Waals surface area contributed by atoms with Gasteiger partial charge in [0.05, 0.1) is 18.5 Å². The van der Waals surface area contributed by atoms with Crippen LogP contribution < -0.4 is 5.32 Å². The van der Waals surface area contributed by atoms with Gasteiger partial charge in [0.15, 0.2) is 0 Å². The number of nitrogens with zero attached hydrogens (tertiary/aromatic N) is 1. The Morgan fingerprint density at radius 1 is 1.52 bits per heavy atom. The molecule has 6 heteroatoms. The number of carbonyl (C=O) groups is 2. The Kier molecular flexibility index (Phi) is 5.00. The lowest BCUT2D eigenvalue weighted by molar-refractivity contribution is -0.151. The summed E-state index contributed by atoms with van der Waals surface area (Å²) in [5, 5.41) is 14.3. The molecule has 1 unspecified atom stereocenters. The number of thiophene rings is 1. The highest BCUT2D eigenvalue weighted by Crippen LogP contribution is 2.37. The number of likely N-dealkylation sites (tertiary alicyclic amines) is 1. The molecule has 0 bridgehead atoms. The van der Waals surface area contributed by atoms with E-state index in [-0.39, 0.29) is 18.4 Å². The minimum absolute atomic E-state index is 0.0478. The molecule has 1 aromatic rings. The number of carbonyl (C=O) groups excluding carboxylic acids is 1. The van der Waals surface area contributed by atoms with Crippen LogP contribution in [0.1, 0.15) is 25.1 Å². The third kappa shape index (κ3) is 3.63. The van der Waals surface area contributed by atoms with Crippen molar-refractivity contribution in [2.75, 3.05) is 19.6 Å². The highest BCUT2D eigenvalue weighted by Gasteiger charge is 2.47. The van der Waals surface area contributed by atoms with Gasteiger partial charge in [0, 0.05) is 11.4 Å². The average Bonchev–Trinajstić information content (AvgIpc) is 3.05. The lowest BCUT2D eigenvalue weighted by Crippen LogP contribution is -2.41. The zero-order chi connectivity index (χ0) is 15.5. The van der Waals surface area contributed by atoms with Gasteiger partial charge in [-0.05, 0) is 30.3 Å². The minimum Gasteiger partial charge on any atom is -0.481 e. The van der Waals surface area contributed by atoms with Crippen molar-refractivity contribution < 1.29 is 14.7 Å². The first-order valence-corrected chi connectivity index (χ1v) is 8.07. The molecule has 116 valence electrons. The summed E-state index contributed by atoms with van der Waals surface area (Å²) in [5.41, 5.74) is -0.714. The van der Waals surface area contributed by atoms with Gasteiger partial charge >= 0.3 is 5.97 Å². The summed E-state index contributed by atoms with van der Waals surface area (Å²) in [6.45, 7) is 5.80. The van der Waals surface area contributed by atoms with E-state index in [0.717, 1.165) is 4.88 Å². The lowest BCUT2D eigenvalue weighted by Gasteiger charge is -2.28. The fraction of sp³-hybridized carbons (Fsp3) is 0.600. The van der Waals surface area contributed by atoms with Gasteiger partial charge in [-0.3, -0.25) is 14.5 Å². The number of carboxylic acids is 1. The van der Waals surface area contributed by atoms with Crippen LogP contribution in [0.25, 0.3) is 0 Å². The molecule has 0 aliphatic carbocycles. The summed E-state index contributed by atoms with van der Waals surface area (Å²) in [4.78, 5) is 26.6. The average molecular weight is 310 g/mol. The number of hydrogen-bond acceptors (Lipinski definition) is 4. The maximum Gasteiger partial charge on any atom is 0.311 e. The van der Waals surface area contributed by atoms with Gasteiger partial charge < -0.3 is 10.4 Å². The van der Waals surface area contributed by atoms with E-state index in [1.165, 1.54) is 0 Å². The zero-order valence-electron chi connectivity index (χ0n) is 12.5. The molecule has 1 aromatic heterocycles. The SMILES string of the molecule is CC(C)C1(C(=O)O)CCN(CC(=O)NCc2cccs2)C1. The first-order chi connectivity index (χ1) is 9.94. The van der Waals surface area contributed by atoms with Gasteiger partial charge in [-0.25, -0.2) is 0 Å². The third-order valence-corrected chi connectivity index (χ3v) is 5.19. The normalized spacial score (nSPS) is 22.6. The first-order valence-electron chi connectivity index (χ1n) is 7.19. The van der Waals surface area contributed by atoms with Crippen molar-refractivity contribution in [2.45, 2.75) is 26.8 Å². The van der Waals surface area contributed by atoms with E-state index in [1.807, 2.05) is 36.3 Å². The van der Waals surface area contributed by atoms with Crippen LogP contribution >= 0.6 is 11.3 Å². The van der Waals surface area contributed by atoms with Crippen molar-refractivity contribution in [3.8, 4) is 0 Å². The van der Waals surface area contributed by atoms with E-state index in [9.17, 15) is 14.7 Å². The Morgan fingerprint density at radius 3 is 2.81 bits per heavy atom. The van der Waals surface area contributed by atoms with Crippen molar-refractivity contribution in [3.63, 3.8) is 0 Å². The van der Waals surface area contributed by atoms with Gasteiger partial charge in [-0.2, -0.15) is 0 Å². The van der Waals surface area contributed by atoms with E-state index in [1.54, 1.807) is 11.3 Å². The monoisotopic (exact) mass is 310 g/mol. The van der Waals surface area contributed by atoms with Crippen LogP contribution in [0.15, 0.2) is 17.5 Å². The fourth-order valence-electron chi connectivity index (χ4n) is 2.80. The van der Waals surface area contributed by atoms with Crippen molar-refractivity contribution >= 4 is 23.2 Å². The molecule has 0 radical (unpaired) electrons. The Labute approximate surface area is 129 Å².